The molecule has 2 heterocycles. The standard InChI is InChI=1S/C23H21ClN4O6S2/c24-15-4-6-18(7-5-15)36(31,32)28-16-2-1-3-17(10-16)33-12-14-13-35-21-19(11-27-22(25)20(14)21)34-23(30)26-8-9-29/h1-7,10-11,13,28-29H,8-9,12H2,(H2,25,27)(H,26,30). The Labute approximate surface area is 215 Å². The summed E-state index contributed by atoms with van der Waals surface area (Å²) in [6.07, 6.45) is 0.633. The maximum absolute atomic E-state index is 12.7. The fraction of sp³-hybridized carbons (Fsp3) is 0.130. The van der Waals surface area contributed by atoms with E-state index in [2.05, 4.69) is 15.0 Å². The molecule has 0 saturated heterocycles. The molecule has 0 atom stereocenters. The van der Waals surface area contributed by atoms with Crippen LogP contribution in [0.15, 0.2) is 65.0 Å². The number of hydrogen-bond donors (Lipinski definition) is 4. The highest BCUT2D eigenvalue weighted by Crippen LogP contribution is 2.37. The number of aromatic nitrogens is 1. The summed E-state index contributed by atoms with van der Waals surface area (Å²) in [5, 5.41) is 14.1. The molecule has 188 valence electrons. The number of anilines is 2. The van der Waals surface area contributed by atoms with Crippen LogP contribution in [-0.2, 0) is 16.6 Å². The average molecular weight is 549 g/mol. The Morgan fingerprint density at radius 3 is 2.72 bits per heavy atom. The molecule has 4 rings (SSSR count). The molecule has 13 heteroatoms. The number of halogens is 1. The molecule has 0 saturated carbocycles. The minimum absolute atomic E-state index is 0.0584. The maximum atomic E-state index is 12.7. The Balaban J connectivity index is 1.49. The summed E-state index contributed by atoms with van der Waals surface area (Å²) in [4.78, 5) is 16.1. The lowest BCUT2D eigenvalue weighted by Crippen LogP contribution is -2.29. The highest BCUT2D eigenvalue weighted by molar-refractivity contribution is 7.92. The third-order valence-corrected chi connectivity index (χ3v) is 7.55. The summed E-state index contributed by atoms with van der Waals surface area (Å²) in [7, 11) is -3.81. The van der Waals surface area contributed by atoms with E-state index >= 15 is 0 Å². The number of pyridine rings is 1. The van der Waals surface area contributed by atoms with Crippen molar-refractivity contribution in [1.82, 2.24) is 10.3 Å². The molecule has 2 aromatic heterocycles. The number of carbonyl (C=O) groups is 1. The fourth-order valence-corrected chi connectivity index (χ4v) is 5.40. The topological polar surface area (TPSA) is 153 Å². The van der Waals surface area contributed by atoms with E-state index in [0.29, 0.717) is 32.1 Å². The predicted octanol–water partition coefficient (Wildman–Crippen LogP) is 3.99. The predicted molar refractivity (Wildman–Crippen MR) is 138 cm³/mol. The van der Waals surface area contributed by atoms with Crippen LogP contribution in [0.25, 0.3) is 10.1 Å². The molecule has 0 aliphatic rings. The number of aliphatic hydroxyl groups is 1. The highest BCUT2D eigenvalue weighted by Gasteiger charge is 2.17. The van der Waals surface area contributed by atoms with Crippen molar-refractivity contribution in [1.29, 1.82) is 0 Å². The SMILES string of the molecule is Nc1ncc(OC(=O)NCCO)c2scc(COc3cccc(NS(=O)(=O)c4ccc(Cl)cc4)c3)c12. The van der Waals surface area contributed by atoms with Crippen LogP contribution in [0.2, 0.25) is 5.02 Å². The maximum Gasteiger partial charge on any atom is 0.412 e. The number of rotatable bonds is 9. The smallest absolute Gasteiger partial charge is 0.412 e. The van der Waals surface area contributed by atoms with Crippen LogP contribution in [0.1, 0.15) is 5.56 Å². The second-order valence-corrected chi connectivity index (χ2v) is 10.4. The van der Waals surface area contributed by atoms with Gasteiger partial charge in [0.1, 0.15) is 18.2 Å². The lowest BCUT2D eigenvalue weighted by atomic mass is 10.2. The number of nitrogen functional groups attached to an aromatic ring is 1. The van der Waals surface area contributed by atoms with Crippen LogP contribution in [0, 0.1) is 0 Å². The number of nitrogens with one attached hydrogen (secondary N) is 2. The van der Waals surface area contributed by atoms with Crippen molar-refractivity contribution < 1.29 is 27.8 Å². The first-order valence-corrected chi connectivity index (χ1v) is 13.2. The van der Waals surface area contributed by atoms with Gasteiger partial charge >= 0.3 is 6.09 Å². The van der Waals surface area contributed by atoms with Gasteiger partial charge in [-0.1, -0.05) is 17.7 Å². The lowest BCUT2D eigenvalue weighted by molar-refractivity contribution is 0.196. The van der Waals surface area contributed by atoms with E-state index in [9.17, 15) is 13.2 Å². The molecule has 0 bridgehead atoms. The van der Waals surface area contributed by atoms with E-state index in [-0.39, 0.29) is 36.2 Å². The van der Waals surface area contributed by atoms with E-state index in [4.69, 9.17) is 31.9 Å². The molecule has 0 aliphatic carbocycles. The first-order chi connectivity index (χ1) is 17.3. The number of sulfonamides is 1. The largest absolute Gasteiger partial charge is 0.489 e. The number of nitrogens with zero attached hydrogens (tertiary/aromatic N) is 1. The van der Waals surface area contributed by atoms with Gasteiger partial charge in [0.25, 0.3) is 10.0 Å². The van der Waals surface area contributed by atoms with Gasteiger partial charge in [0.15, 0.2) is 5.75 Å². The van der Waals surface area contributed by atoms with Crippen molar-refractivity contribution in [3.63, 3.8) is 0 Å². The second kappa shape index (κ2) is 11.0. The van der Waals surface area contributed by atoms with Gasteiger partial charge in [-0.2, -0.15) is 0 Å². The van der Waals surface area contributed by atoms with Gasteiger partial charge in [-0.15, -0.1) is 11.3 Å². The molecule has 36 heavy (non-hydrogen) atoms. The van der Waals surface area contributed by atoms with Crippen molar-refractivity contribution in [3.8, 4) is 11.5 Å². The van der Waals surface area contributed by atoms with E-state index < -0.39 is 16.1 Å². The molecule has 0 unspecified atom stereocenters. The number of benzene rings is 2. The summed E-state index contributed by atoms with van der Waals surface area (Å²) in [6.45, 7) is -0.0446. The van der Waals surface area contributed by atoms with Crippen molar-refractivity contribution in [2.45, 2.75) is 11.5 Å². The first kappa shape index (κ1) is 25.5. The van der Waals surface area contributed by atoms with Crippen molar-refractivity contribution >= 4 is 60.6 Å². The minimum atomic E-state index is -3.81. The molecule has 0 spiro atoms. The summed E-state index contributed by atoms with van der Waals surface area (Å²) in [5.74, 6) is 0.898. The van der Waals surface area contributed by atoms with Crippen molar-refractivity contribution in [2.24, 2.45) is 0 Å². The molecular weight excluding hydrogens is 528 g/mol. The molecule has 10 nitrogen and oxygen atoms in total. The third kappa shape index (κ3) is 5.97. The van der Waals surface area contributed by atoms with Gasteiger partial charge < -0.3 is 25.6 Å². The molecule has 2 aromatic carbocycles. The minimum Gasteiger partial charge on any atom is -0.489 e. The van der Waals surface area contributed by atoms with Crippen LogP contribution in [0.4, 0.5) is 16.3 Å². The summed E-state index contributed by atoms with van der Waals surface area (Å²) in [5.41, 5.74) is 7.11. The number of fused-ring (bicyclic) bond motifs is 1. The van der Waals surface area contributed by atoms with E-state index in [1.807, 2.05) is 5.38 Å². The Kier molecular flexibility index (Phi) is 7.79. The van der Waals surface area contributed by atoms with Crippen LogP contribution in [0.3, 0.4) is 0 Å². The molecule has 0 fully saturated rings. The normalized spacial score (nSPS) is 11.3. The number of aliphatic hydroxyl groups excluding tert-OH is 1. The molecular formula is C23H21ClN4O6S2. The quantitative estimate of drug-likeness (QED) is 0.245. The fourth-order valence-electron chi connectivity index (χ4n) is 3.22. The second-order valence-electron chi connectivity index (χ2n) is 7.39. The Hall–Kier alpha value is -3.58. The Morgan fingerprint density at radius 2 is 1.97 bits per heavy atom. The van der Waals surface area contributed by atoms with Crippen LogP contribution in [0.5, 0.6) is 11.5 Å². The number of carbonyl (C=O) groups excluding carboxylic acids is 1. The van der Waals surface area contributed by atoms with Gasteiger partial charge in [0, 0.05) is 28.6 Å². The van der Waals surface area contributed by atoms with Crippen LogP contribution in [-0.4, -0.2) is 37.8 Å². The summed E-state index contributed by atoms with van der Waals surface area (Å²) < 4.78 is 39.6. The molecule has 0 radical (unpaired) electrons. The third-order valence-electron chi connectivity index (χ3n) is 4.86. The highest BCUT2D eigenvalue weighted by atomic mass is 35.5. The number of ether oxygens (including phenoxy) is 2. The number of amides is 1. The van der Waals surface area contributed by atoms with Gasteiger partial charge in [0.2, 0.25) is 0 Å². The molecule has 4 aromatic rings. The van der Waals surface area contributed by atoms with E-state index in [1.165, 1.54) is 41.8 Å². The zero-order valence-electron chi connectivity index (χ0n) is 18.6. The van der Waals surface area contributed by atoms with Crippen molar-refractivity contribution in [2.75, 3.05) is 23.6 Å². The van der Waals surface area contributed by atoms with Gasteiger partial charge in [-0.25, -0.2) is 18.2 Å². The summed E-state index contributed by atoms with van der Waals surface area (Å²) in [6, 6.07) is 12.3. The van der Waals surface area contributed by atoms with Gasteiger partial charge in [-0.05, 0) is 41.8 Å². The number of thiophene rings is 1. The molecule has 1 amide bonds. The average Bonchev–Trinajstić information content (AvgIpc) is 3.29. The number of hydrogen-bond acceptors (Lipinski definition) is 9. The first-order valence-electron chi connectivity index (χ1n) is 10.5. The molecule has 5 N–H and O–H groups in total. The summed E-state index contributed by atoms with van der Waals surface area (Å²) >= 11 is 7.15. The van der Waals surface area contributed by atoms with Gasteiger partial charge in [-0.3, -0.25) is 4.72 Å². The monoisotopic (exact) mass is 548 g/mol. The Morgan fingerprint density at radius 1 is 1.19 bits per heavy atom. The Bertz CT molecular complexity index is 1490. The van der Waals surface area contributed by atoms with Crippen molar-refractivity contribution in [3.05, 3.63) is 70.7 Å². The molecule has 0 aliphatic heterocycles. The van der Waals surface area contributed by atoms with Crippen LogP contribution < -0.4 is 25.2 Å². The van der Waals surface area contributed by atoms with E-state index in [0.717, 1.165) is 0 Å². The zero-order chi connectivity index (χ0) is 25.7. The van der Waals surface area contributed by atoms with Gasteiger partial charge in [0.05, 0.1) is 28.1 Å². The van der Waals surface area contributed by atoms with Crippen LogP contribution >= 0.6 is 22.9 Å². The van der Waals surface area contributed by atoms with E-state index in [1.54, 1.807) is 24.3 Å². The zero-order valence-corrected chi connectivity index (χ0v) is 21.0. The lowest BCUT2D eigenvalue weighted by Gasteiger charge is -2.11. The number of nitrogens with two attached hydrogens (primary N) is 1.